The summed E-state index contributed by atoms with van der Waals surface area (Å²) in [6.07, 6.45) is -5.97. The molecule has 1 amide bonds. The molecule has 30 heavy (non-hydrogen) atoms. The van der Waals surface area contributed by atoms with Gasteiger partial charge >= 0.3 is 6.18 Å². The molecular weight excluding hydrogens is 445 g/mol. The quantitative estimate of drug-likeness (QED) is 0.623. The van der Waals surface area contributed by atoms with Crippen LogP contribution in [-0.4, -0.2) is 43.0 Å². The van der Waals surface area contributed by atoms with Crippen LogP contribution >= 0.6 is 22.9 Å². The van der Waals surface area contributed by atoms with Gasteiger partial charge in [-0.05, 0) is 12.1 Å². The first-order valence-electron chi connectivity index (χ1n) is 9.19. The van der Waals surface area contributed by atoms with E-state index in [0.717, 1.165) is 14.9 Å². The number of fused-ring (bicyclic) bond motifs is 3. The van der Waals surface area contributed by atoms with E-state index in [9.17, 15) is 27.9 Å². The van der Waals surface area contributed by atoms with E-state index in [-0.39, 0.29) is 5.92 Å². The molecule has 0 unspecified atom stereocenters. The third-order valence-electron chi connectivity index (χ3n) is 5.24. The van der Waals surface area contributed by atoms with Crippen molar-refractivity contribution in [3.8, 4) is 0 Å². The normalized spacial score (nSPS) is 22.1. The van der Waals surface area contributed by atoms with E-state index < -0.39 is 48.7 Å². The highest BCUT2D eigenvalue weighted by atomic mass is 35.5. The van der Waals surface area contributed by atoms with Gasteiger partial charge < -0.3 is 10.4 Å². The number of alkyl halides is 3. The predicted molar refractivity (Wildman–Crippen MR) is 106 cm³/mol. The topological polar surface area (TPSA) is 88.6 Å². The molecule has 4 rings (SSSR count). The van der Waals surface area contributed by atoms with Gasteiger partial charge in [0.2, 0.25) is 5.91 Å². The van der Waals surface area contributed by atoms with Crippen LogP contribution in [0.3, 0.4) is 0 Å². The highest BCUT2D eigenvalue weighted by molar-refractivity contribution is 7.22. The summed E-state index contributed by atoms with van der Waals surface area (Å²) in [5.74, 6) is -0.170. The standard InChI is InChI=1S/C18H18ClF3N4O3S/c1-8(2)15-24-25(7-14(27)23-9-5-17(29,6-9)18(20,21)22)16(28)11-3-12-10(26(11)15)4-13(19)30-12/h3-4,8-9,29H,5-7H2,1-2H3,(H,23,27). The summed E-state index contributed by atoms with van der Waals surface area (Å²) in [4.78, 5) is 25.2. The second-order valence-electron chi connectivity index (χ2n) is 7.84. The number of halogens is 4. The molecule has 12 heteroatoms. The van der Waals surface area contributed by atoms with Crippen molar-refractivity contribution in [3.05, 3.63) is 32.6 Å². The number of hydrogen-bond donors (Lipinski definition) is 2. The summed E-state index contributed by atoms with van der Waals surface area (Å²) < 4.78 is 42.3. The van der Waals surface area contributed by atoms with Crippen molar-refractivity contribution in [1.82, 2.24) is 19.5 Å². The Morgan fingerprint density at radius 1 is 1.40 bits per heavy atom. The van der Waals surface area contributed by atoms with Gasteiger partial charge in [0.15, 0.2) is 5.60 Å². The molecule has 1 aliphatic rings. The summed E-state index contributed by atoms with van der Waals surface area (Å²) in [6, 6.07) is 2.62. The maximum absolute atomic E-state index is 12.9. The summed E-state index contributed by atoms with van der Waals surface area (Å²) >= 11 is 7.39. The van der Waals surface area contributed by atoms with Crippen molar-refractivity contribution in [2.75, 3.05) is 0 Å². The molecule has 0 spiro atoms. The van der Waals surface area contributed by atoms with Gasteiger partial charge in [-0.25, -0.2) is 4.68 Å². The Bertz CT molecular complexity index is 1210. The zero-order valence-electron chi connectivity index (χ0n) is 16.0. The maximum atomic E-state index is 12.9. The molecule has 0 aliphatic heterocycles. The fourth-order valence-electron chi connectivity index (χ4n) is 3.69. The van der Waals surface area contributed by atoms with Crippen LogP contribution < -0.4 is 10.9 Å². The Morgan fingerprint density at radius 2 is 2.07 bits per heavy atom. The summed E-state index contributed by atoms with van der Waals surface area (Å²) in [5, 5.41) is 16.2. The van der Waals surface area contributed by atoms with Gasteiger partial charge in [-0.15, -0.1) is 11.3 Å². The fourth-order valence-corrected chi connectivity index (χ4v) is 4.85. The molecule has 2 N–H and O–H groups in total. The van der Waals surface area contributed by atoms with E-state index in [4.69, 9.17) is 11.6 Å². The molecular formula is C18H18ClF3N4O3S. The molecule has 7 nitrogen and oxygen atoms in total. The average molecular weight is 463 g/mol. The van der Waals surface area contributed by atoms with E-state index in [2.05, 4.69) is 10.4 Å². The van der Waals surface area contributed by atoms with Gasteiger partial charge in [0.05, 0.1) is 14.6 Å². The first kappa shape index (κ1) is 21.1. The van der Waals surface area contributed by atoms with Crippen LogP contribution in [0.25, 0.3) is 15.7 Å². The zero-order valence-corrected chi connectivity index (χ0v) is 17.5. The lowest BCUT2D eigenvalue weighted by Gasteiger charge is -2.44. The van der Waals surface area contributed by atoms with Crippen LogP contribution in [0.4, 0.5) is 13.2 Å². The van der Waals surface area contributed by atoms with Crippen molar-refractivity contribution in [2.24, 2.45) is 0 Å². The number of carbonyl (C=O) groups is 1. The number of carbonyl (C=O) groups excluding carboxylic acids is 1. The minimum Gasteiger partial charge on any atom is -0.380 e. The Labute approximate surface area is 177 Å². The minimum absolute atomic E-state index is 0.0786. The van der Waals surface area contributed by atoms with E-state index in [1.807, 2.05) is 13.8 Å². The molecule has 1 fully saturated rings. The highest BCUT2D eigenvalue weighted by Crippen LogP contribution is 2.45. The lowest BCUT2D eigenvalue weighted by atomic mass is 9.75. The second kappa shape index (κ2) is 6.96. The van der Waals surface area contributed by atoms with Crippen LogP contribution in [-0.2, 0) is 11.3 Å². The summed E-state index contributed by atoms with van der Waals surface area (Å²) in [7, 11) is 0. The van der Waals surface area contributed by atoms with E-state index in [1.165, 1.54) is 11.3 Å². The number of nitrogens with zero attached hydrogens (tertiary/aromatic N) is 3. The van der Waals surface area contributed by atoms with Gasteiger partial charge in [-0.1, -0.05) is 25.4 Å². The second-order valence-corrected chi connectivity index (χ2v) is 9.56. The molecule has 1 saturated carbocycles. The number of rotatable bonds is 4. The number of aromatic nitrogens is 3. The number of nitrogens with one attached hydrogen (secondary N) is 1. The molecule has 0 radical (unpaired) electrons. The van der Waals surface area contributed by atoms with Crippen molar-refractivity contribution >= 4 is 44.6 Å². The van der Waals surface area contributed by atoms with Crippen molar-refractivity contribution in [1.29, 1.82) is 0 Å². The first-order valence-corrected chi connectivity index (χ1v) is 10.4. The molecule has 1 aliphatic carbocycles. The summed E-state index contributed by atoms with van der Waals surface area (Å²) in [6.45, 7) is 3.35. The van der Waals surface area contributed by atoms with Crippen molar-refractivity contribution < 1.29 is 23.1 Å². The molecule has 3 aromatic rings. The average Bonchev–Trinajstić information content (AvgIpc) is 3.11. The number of aliphatic hydroxyl groups is 1. The lowest BCUT2D eigenvalue weighted by molar-refractivity contribution is -0.291. The number of thiophene rings is 1. The van der Waals surface area contributed by atoms with Crippen LogP contribution in [0.5, 0.6) is 0 Å². The van der Waals surface area contributed by atoms with E-state index in [0.29, 0.717) is 15.7 Å². The van der Waals surface area contributed by atoms with Gasteiger partial charge in [0, 0.05) is 24.8 Å². The molecule has 0 saturated heterocycles. The van der Waals surface area contributed by atoms with Crippen LogP contribution in [0, 0.1) is 0 Å². The molecule has 162 valence electrons. The molecule has 0 bridgehead atoms. The third kappa shape index (κ3) is 3.38. The largest absolute Gasteiger partial charge is 0.417 e. The van der Waals surface area contributed by atoms with E-state index >= 15 is 0 Å². The zero-order chi connectivity index (χ0) is 22.0. The van der Waals surface area contributed by atoms with Gasteiger partial charge in [0.1, 0.15) is 17.9 Å². The number of amides is 1. The smallest absolute Gasteiger partial charge is 0.380 e. The summed E-state index contributed by atoms with van der Waals surface area (Å²) in [5.41, 5.74) is -2.17. The Kier molecular flexibility index (Phi) is 4.90. The van der Waals surface area contributed by atoms with Crippen LogP contribution in [0.15, 0.2) is 16.9 Å². The van der Waals surface area contributed by atoms with Crippen LogP contribution in [0.1, 0.15) is 38.4 Å². The monoisotopic (exact) mass is 462 g/mol. The predicted octanol–water partition coefficient (Wildman–Crippen LogP) is 3.06. The Morgan fingerprint density at radius 3 is 2.67 bits per heavy atom. The van der Waals surface area contributed by atoms with Gasteiger partial charge in [-0.2, -0.15) is 18.3 Å². The Balaban J connectivity index is 1.60. The molecule has 0 aromatic carbocycles. The molecule has 0 atom stereocenters. The van der Waals surface area contributed by atoms with Gasteiger partial charge in [0.25, 0.3) is 5.56 Å². The first-order chi connectivity index (χ1) is 13.9. The fraction of sp³-hybridized carbons (Fsp3) is 0.500. The SMILES string of the molecule is CC(C)c1nn(CC(=O)NC2CC(O)(C(F)(F)F)C2)c(=O)c2cc3sc(Cl)cc3n12. The molecule has 3 heterocycles. The Hall–Kier alpha value is -2.11. The number of hydrogen-bond acceptors (Lipinski definition) is 5. The molecule has 3 aromatic heterocycles. The third-order valence-corrected chi connectivity index (χ3v) is 6.44. The lowest BCUT2D eigenvalue weighted by Crippen LogP contribution is -2.62. The highest BCUT2D eigenvalue weighted by Gasteiger charge is 2.61. The minimum atomic E-state index is -4.74. The van der Waals surface area contributed by atoms with E-state index in [1.54, 1.807) is 16.5 Å². The maximum Gasteiger partial charge on any atom is 0.417 e. The van der Waals surface area contributed by atoms with Crippen molar-refractivity contribution in [2.45, 2.75) is 57.0 Å². The van der Waals surface area contributed by atoms with Gasteiger partial charge in [-0.3, -0.25) is 14.0 Å². The van der Waals surface area contributed by atoms with Crippen molar-refractivity contribution in [3.63, 3.8) is 0 Å². The van der Waals surface area contributed by atoms with Crippen LogP contribution in [0.2, 0.25) is 4.34 Å².